The lowest BCUT2D eigenvalue weighted by atomic mass is 9.89. The van der Waals surface area contributed by atoms with Crippen molar-refractivity contribution in [2.45, 2.75) is 18.9 Å². The van der Waals surface area contributed by atoms with Gasteiger partial charge in [-0.3, -0.25) is 0 Å². The van der Waals surface area contributed by atoms with Crippen molar-refractivity contribution in [2.24, 2.45) is 11.7 Å². The van der Waals surface area contributed by atoms with Gasteiger partial charge in [0.1, 0.15) is 5.60 Å². The quantitative estimate of drug-likeness (QED) is 0.743. The number of fused-ring (bicyclic) bond motifs is 1. The van der Waals surface area contributed by atoms with Crippen LogP contribution < -0.4 is 5.73 Å². The lowest BCUT2D eigenvalue weighted by molar-refractivity contribution is 0.00498. The summed E-state index contributed by atoms with van der Waals surface area (Å²) in [4.78, 5) is 0. The van der Waals surface area contributed by atoms with E-state index in [1.165, 1.54) is 0 Å². The van der Waals surface area contributed by atoms with E-state index in [4.69, 9.17) is 17.3 Å². The maximum absolute atomic E-state index is 10.4. The second kappa shape index (κ2) is 3.23. The largest absolute Gasteiger partial charge is 0.384 e. The summed E-state index contributed by atoms with van der Waals surface area (Å²) in [6.07, 6.45) is 0.808. The number of aliphatic hydroxyl groups is 1. The molecule has 0 aromatic heterocycles. The first-order valence-corrected chi connectivity index (χ1v) is 5.17. The van der Waals surface area contributed by atoms with Gasteiger partial charge in [0.05, 0.1) is 0 Å². The SMILES string of the molecule is CC1Cc2c(Cl)cccc2C1(O)CN. The Kier molecular flexibility index (Phi) is 2.30. The third-order valence-corrected chi connectivity index (χ3v) is 3.58. The molecule has 0 bridgehead atoms. The minimum absolute atomic E-state index is 0.141. The fourth-order valence-electron chi connectivity index (χ4n) is 2.22. The van der Waals surface area contributed by atoms with E-state index in [9.17, 15) is 5.11 Å². The van der Waals surface area contributed by atoms with Crippen LogP contribution in [0.1, 0.15) is 18.1 Å². The molecule has 3 N–H and O–H groups in total. The van der Waals surface area contributed by atoms with Crippen molar-refractivity contribution in [3.8, 4) is 0 Å². The molecule has 0 fully saturated rings. The average Bonchev–Trinajstić information content (AvgIpc) is 2.43. The first-order valence-electron chi connectivity index (χ1n) is 4.80. The van der Waals surface area contributed by atoms with E-state index in [2.05, 4.69) is 0 Å². The van der Waals surface area contributed by atoms with Crippen molar-refractivity contribution in [1.82, 2.24) is 0 Å². The van der Waals surface area contributed by atoms with Crippen LogP contribution in [0.2, 0.25) is 5.02 Å². The number of halogens is 1. The maximum Gasteiger partial charge on any atom is 0.105 e. The van der Waals surface area contributed by atoms with Crippen LogP contribution in [-0.2, 0) is 12.0 Å². The smallest absolute Gasteiger partial charge is 0.105 e. The maximum atomic E-state index is 10.4. The third-order valence-electron chi connectivity index (χ3n) is 3.22. The Labute approximate surface area is 88.7 Å². The van der Waals surface area contributed by atoms with E-state index >= 15 is 0 Å². The summed E-state index contributed by atoms with van der Waals surface area (Å²) in [5, 5.41) is 11.1. The van der Waals surface area contributed by atoms with Gasteiger partial charge in [-0.2, -0.15) is 0 Å². The zero-order valence-corrected chi connectivity index (χ0v) is 8.88. The van der Waals surface area contributed by atoms with E-state index < -0.39 is 5.60 Å². The van der Waals surface area contributed by atoms with Gasteiger partial charge in [0.2, 0.25) is 0 Å². The molecule has 0 heterocycles. The molecule has 1 aliphatic carbocycles. The fraction of sp³-hybridized carbons (Fsp3) is 0.455. The Morgan fingerprint density at radius 1 is 1.64 bits per heavy atom. The average molecular weight is 212 g/mol. The lowest BCUT2D eigenvalue weighted by Gasteiger charge is -2.27. The molecule has 0 radical (unpaired) electrons. The lowest BCUT2D eigenvalue weighted by Crippen LogP contribution is -2.38. The summed E-state index contributed by atoms with van der Waals surface area (Å²) in [6, 6.07) is 5.63. The molecule has 2 atom stereocenters. The van der Waals surface area contributed by atoms with Crippen LogP contribution >= 0.6 is 11.6 Å². The van der Waals surface area contributed by atoms with Crippen LogP contribution in [-0.4, -0.2) is 11.7 Å². The summed E-state index contributed by atoms with van der Waals surface area (Å²) < 4.78 is 0. The second-order valence-corrected chi connectivity index (χ2v) is 4.41. The number of nitrogens with two attached hydrogens (primary N) is 1. The number of benzene rings is 1. The molecule has 2 nitrogen and oxygen atoms in total. The molecule has 1 aromatic rings. The Bertz CT molecular complexity index is 366. The number of rotatable bonds is 1. The predicted octanol–water partition coefficient (Wildman–Crippen LogP) is 1.68. The highest BCUT2D eigenvalue weighted by Gasteiger charge is 2.42. The van der Waals surface area contributed by atoms with Crippen LogP contribution in [0, 0.1) is 5.92 Å². The molecule has 76 valence electrons. The Balaban J connectivity index is 2.58. The minimum atomic E-state index is -0.889. The van der Waals surface area contributed by atoms with E-state index in [0.29, 0.717) is 0 Å². The van der Waals surface area contributed by atoms with E-state index in [1.54, 1.807) is 0 Å². The highest BCUT2D eigenvalue weighted by Crippen LogP contribution is 2.43. The number of hydrogen-bond donors (Lipinski definition) is 2. The summed E-state index contributed by atoms with van der Waals surface area (Å²) in [6.45, 7) is 2.25. The van der Waals surface area contributed by atoms with Gasteiger partial charge < -0.3 is 10.8 Å². The molecule has 0 aliphatic heterocycles. The molecule has 3 heteroatoms. The molecule has 0 saturated heterocycles. The fourth-order valence-corrected chi connectivity index (χ4v) is 2.48. The first kappa shape index (κ1) is 9.97. The van der Waals surface area contributed by atoms with E-state index in [0.717, 1.165) is 22.6 Å². The Morgan fingerprint density at radius 2 is 2.36 bits per heavy atom. The monoisotopic (exact) mass is 211 g/mol. The molecule has 1 aromatic carbocycles. The zero-order chi connectivity index (χ0) is 10.3. The molecule has 14 heavy (non-hydrogen) atoms. The number of hydrogen-bond acceptors (Lipinski definition) is 2. The highest BCUT2D eigenvalue weighted by atomic mass is 35.5. The van der Waals surface area contributed by atoms with Gasteiger partial charge in [-0.05, 0) is 29.5 Å². The summed E-state index contributed by atoms with van der Waals surface area (Å²) >= 11 is 6.07. The zero-order valence-electron chi connectivity index (χ0n) is 8.13. The molecule has 0 spiro atoms. The van der Waals surface area contributed by atoms with Crippen LogP contribution in [0.5, 0.6) is 0 Å². The van der Waals surface area contributed by atoms with E-state index in [-0.39, 0.29) is 12.5 Å². The molecule has 0 amide bonds. The van der Waals surface area contributed by atoms with Gasteiger partial charge in [0.15, 0.2) is 0 Å². The van der Waals surface area contributed by atoms with Gasteiger partial charge in [-0.1, -0.05) is 30.7 Å². The molecule has 1 aliphatic rings. The Hall–Kier alpha value is -0.570. The molecular weight excluding hydrogens is 198 g/mol. The molecule has 2 rings (SSSR count). The van der Waals surface area contributed by atoms with E-state index in [1.807, 2.05) is 25.1 Å². The topological polar surface area (TPSA) is 46.2 Å². The van der Waals surface area contributed by atoms with Crippen molar-refractivity contribution < 1.29 is 5.11 Å². The van der Waals surface area contributed by atoms with Gasteiger partial charge in [0, 0.05) is 11.6 Å². The van der Waals surface area contributed by atoms with Crippen molar-refractivity contribution >= 4 is 11.6 Å². The molecule has 0 saturated carbocycles. The third kappa shape index (κ3) is 1.18. The summed E-state index contributed by atoms with van der Waals surface area (Å²) in [5.74, 6) is 0.141. The van der Waals surface area contributed by atoms with Gasteiger partial charge in [-0.25, -0.2) is 0 Å². The Morgan fingerprint density at radius 3 is 3.00 bits per heavy atom. The minimum Gasteiger partial charge on any atom is -0.384 e. The summed E-state index contributed by atoms with van der Waals surface area (Å²) in [5.41, 5.74) is 6.69. The van der Waals surface area contributed by atoms with Crippen molar-refractivity contribution in [2.75, 3.05) is 6.54 Å². The molecular formula is C11H14ClNO. The van der Waals surface area contributed by atoms with Gasteiger partial charge in [0.25, 0.3) is 0 Å². The van der Waals surface area contributed by atoms with Crippen molar-refractivity contribution in [3.05, 3.63) is 34.3 Å². The highest BCUT2D eigenvalue weighted by molar-refractivity contribution is 6.31. The second-order valence-electron chi connectivity index (χ2n) is 4.00. The van der Waals surface area contributed by atoms with Crippen LogP contribution in [0.3, 0.4) is 0 Å². The standard InChI is InChI=1S/C11H14ClNO/c1-7-5-8-9(11(7,14)6-13)3-2-4-10(8)12/h2-4,7,14H,5-6,13H2,1H3. The molecule has 2 unspecified atom stereocenters. The van der Waals surface area contributed by atoms with Crippen LogP contribution in [0.15, 0.2) is 18.2 Å². The van der Waals surface area contributed by atoms with Gasteiger partial charge >= 0.3 is 0 Å². The summed E-state index contributed by atoms with van der Waals surface area (Å²) in [7, 11) is 0. The predicted molar refractivity (Wildman–Crippen MR) is 57.3 cm³/mol. The van der Waals surface area contributed by atoms with Crippen LogP contribution in [0.4, 0.5) is 0 Å². The van der Waals surface area contributed by atoms with Crippen LogP contribution in [0.25, 0.3) is 0 Å². The first-order chi connectivity index (χ1) is 6.59. The normalized spacial score (nSPS) is 30.4. The van der Waals surface area contributed by atoms with Crippen molar-refractivity contribution in [3.63, 3.8) is 0 Å². The van der Waals surface area contributed by atoms with Gasteiger partial charge in [-0.15, -0.1) is 0 Å². The van der Waals surface area contributed by atoms with Crippen molar-refractivity contribution in [1.29, 1.82) is 0 Å².